The lowest BCUT2D eigenvalue weighted by Gasteiger charge is -2.23. The predicted molar refractivity (Wildman–Crippen MR) is 66.6 cm³/mol. The second-order valence-corrected chi connectivity index (χ2v) is 5.58. The summed E-state index contributed by atoms with van der Waals surface area (Å²) in [6.45, 7) is 8.21. The Labute approximate surface area is 98.3 Å². The monoisotopic (exact) mass is 221 g/mol. The van der Waals surface area contributed by atoms with Gasteiger partial charge in [-0.3, -0.25) is 4.90 Å². The first kappa shape index (κ1) is 10.8. The minimum absolute atomic E-state index is 0.740. The summed E-state index contributed by atoms with van der Waals surface area (Å²) in [6.07, 6.45) is 4.24. The molecule has 1 unspecified atom stereocenters. The Morgan fingerprint density at radius 1 is 1.38 bits per heavy atom. The van der Waals surface area contributed by atoms with Gasteiger partial charge in [0.15, 0.2) is 0 Å². The van der Waals surface area contributed by atoms with Gasteiger partial charge in [-0.25, -0.2) is 0 Å². The van der Waals surface area contributed by atoms with E-state index in [0.29, 0.717) is 0 Å². The van der Waals surface area contributed by atoms with Crippen molar-refractivity contribution < 1.29 is 0 Å². The maximum atomic E-state index is 3.72. The van der Waals surface area contributed by atoms with Crippen LogP contribution in [0.2, 0.25) is 0 Å². The lowest BCUT2D eigenvalue weighted by molar-refractivity contribution is 0.318. The van der Waals surface area contributed by atoms with Crippen LogP contribution < -0.4 is 10.6 Å². The van der Waals surface area contributed by atoms with Gasteiger partial charge in [-0.15, -0.1) is 0 Å². The van der Waals surface area contributed by atoms with Gasteiger partial charge in [0.25, 0.3) is 0 Å². The van der Waals surface area contributed by atoms with Crippen LogP contribution in [0.1, 0.15) is 26.2 Å². The highest BCUT2D eigenvalue weighted by Crippen LogP contribution is 2.29. The molecule has 2 N–H and O–H groups in total. The highest BCUT2D eigenvalue weighted by Gasteiger charge is 2.34. The molecule has 0 bridgehead atoms. The van der Waals surface area contributed by atoms with Crippen molar-refractivity contribution in [1.82, 2.24) is 15.5 Å². The molecular weight excluding hydrogens is 198 g/mol. The number of rotatable bonds is 4. The molecule has 0 aromatic carbocycles. The molecule has 3 fully saturated rings. The fraction of sp³-hybridized carbons (Fsp3) is 0.846. The first-order valence-electron chi connectivity index (χ1n) is 6.68. The summed E-state index contributed by atoms with van der Waals surface area (Å²) in [5.74, 6) is 0. The average molecular weight is 221 g/mol. The van der Waals surface area contributed by atoms with E-state index >= 15 is 0 Å². The van der Waals surface area contributed by atoms with Crippen LogP contribution >= 0.6 is 0 Å². The van der Waals surface area contributed by atoms with E-state index in [1.54, 1.807) is 11.1 Å². The minimum atomic E-state index is 0.740. The first-order chi connectivity index (χ1) is 7.83. The van der Waals surface area contributed by atoms with Crippen molar-refractivity contribution in [2.24, 2.45) is 0 Å². The molecule has 3 rings (SSSR count). The summed E-state index contributed by atoms with van der Waals surface area (Å²) in [7, 11) is 0. The largest absolute Gasteiger partial charge is 0.309 e. The lowest BCUT2D eigenvalue weighted by atomic mass is 10.0. The molecule has 16 heavy (non-hydrogen) atoms. The van der Waals surface area contributed by atoms with Crippen LogP contribution in [-0.4, -0.2) is 49.7 Å². The van der Waals surface area contributed by atoms with E-state index in [0.717, 1.165) is 31.7 Å². The summed E-state index contributed by atoms with van der Waals surface area (Å²) in [5.41, 5.74) is 3.17. The van der Waals surface area contributed by atoms with Crippen LogP contribution in [0.15, 0.2) is 11.1 Å². The molecule has 3 nitrogen and oxygen atoms in total. The fourth-order valence-electron chi connectivity index (χ4n) is 2.70. The zero-order valence-corrected chi connectivity index (χ0v) is 10.3. The smallest absolute Gasteiger partial charge is 0.0210 e. The molecule has 0 amide bonds. The Hall–Kier alpha value is -0.380. The van der Waals surface area contributed by atoms with Crippen molar-refractivity contribution in [2.45, 2.75) is 38.3 Å². The molecule has 3 heteroatoms. The Morgan fingerprint density at radius 3 is 2.81 bits per heavy atom. The van der Waals surface area contributed by atoms with Crippen LogP contribution in [0.25, 0.3) is 0 Å². The number of nitrogens with one attached hydrogen (secondary N) is 2. The van der Waals surface area contributed by atoms with Crippen LogP contribution in [0.5, 0.6) is 0 Å². The zero-order valence-electron chi connectivity index (χ0n) is 10.3. The Balaban J connectivity index is 1.42. The molecule has 1 aliphatic carbocycles. The summed E-state index contributed by atoms with van der Waals surface area (Å²) < 4.78 is 0. The summed E-state index contributed by atoms with van der Waals surface area (Å²) in [4.78, 5) is 2.67. The molecule has 2 aliphatic heterocycles. The minimum Gasteiger partial charge on any atom is -0.309 e. The quantitative estimate of drug-likeness (QED) is 0.686. The van der Waals surface area contributed by atoms with Crippen LogP contribution in [0.3, 0.4) is 0 Å². The molecule has 3 aliphatic rings. The maximum Gasteiger partial charge on any atom is 0.0210 e. The molecular formula is C13H23N3. The van der Waals surface area contributed by atoms with Crippen molar-refractivity contribution in [3.63, 3.8) is 0 Å². The Morgan fingerprint density at radius 2 is 2.19 bits per heavy atom. The molecule has 2 heterocycles. The van der Waals surface area contributed by atoms with Gasteiger partial charge >= 0.3 is 0 Å². The van der Waals surface area contributed by atoms with E-state index in [-0.39, 0.29) is 0 Å². The van der Waals surface area contributed by atoms with Crippen molar-refractivity contribution in [3.8, 4) is 0 Å². The third kappa shape index (κ3) is 2.31. The van der Waals surface area contributed by atoms with E-state index < -0.39 is 0 Å². The molecule has 0 spiro atoms. The Bertz CT molecular complexity index is 288. The molecule has 2 saturated heterocycles. The van der Waals surface area contributed by atoms with E-state index in [1.807, 2.05) is 0 Å². The molecule has 0 radical (unpaired) electrons. The summed E-state index contributed by atoms with van der Waals surface area (Å²) >= 11 is 0. The van der Waals surface area contributed by atoms with Crippen LogP contribution in [-0.2, 0) is 0 Å². The van der Waals surface area contributed by atoms with Gasteiger partial charge in [-0.05, 0) is 31.8 Å². The summed E-state index contributed by atoms with van der Waals surface area (Å²) in [5, 5.41) is 7.02. The van der Waals surface area contributed by atoms with Crippen molar-refractivity contribution >= 4 is 0 Å². The van der Waals surface area contributed by atoms with E-state index in [9.17, 15) is 0 Å². The molecule has 90 valence electrons. The van der Waals surface area contributed by atoms with Gasteiger partial charge in [0.2, 0.25) is 0 Å². The van der Waals surface area contributed by atoms with Crippen molar-refractivity contribution in [3.05, 3.63) is 11.1 Å². The molecule has 1 atom stereocenters. The topological polar surface area (TPSA) is 27.3 Å². The number of likely N-dealkylation sites (tertiary alicyclic amines) is 1. The van der Waals surface area contributed by atoms with Gasteiger partial charge in [-0.1, -0.05) is 5.57 Å². The second-order valence-electron chi connectivity index (χ2n) is 5.58. The normalized spacial score (nSPS) is 30.6. The molecule has 0 aromatic heterocycles. The Kier molecular flexibility index (Phi) is 3.01. The van der Waals surface area contributed by atoms with Crippen molar-refractivity contribution in [2.75, 3.05) is 32.7 Å². The second kappa shape index (κ2) is 4.47. The zero-order chi connectivity index (χ0) is 11.0. The van der Waals surface area contributed by atoms with Gasteiger partial charge in [0, 0.05) is 44.8 Å². The number of hydrogen-bond acceptors (Lipinski definition) is 3. The molecule has 0 aromatic rings. The van der Waals surface area contributed by atoms with Crippen LogP contribution in [0.4, 0.5) is 0 Å². The third-order valence-corrected chi connectivity index (χ3v) is 4.22. The van der Waals surface area contributed by atoms with E-state index in [4.69, 9.17) is 0 Å². The standard InChI is InChI=1S/C13H23N3/c1-10(11-7-14-8-11)6-15-12-4-5-16(9-12)13-2-3-13/h12-15H,2-9H2,1H3. The van der Waals surface area contributed by atoms with Gasteiger partial charge in [0.1, 0.15) is 0 Å². The fourth-order valence-corrected chi connectivity index (χ4v) is 2.70. The third-order valence-electron chi connectivity index (χ3n) is 4.22. The van der Waals surface area contributed by atoms with Gasteiger partial charge in [-0.2, -0.15) is 0 Å². The maximum absolute atomic E-state index is 3.72. The summed E-state index contributed by atoms with van der Waals surface area (Å²) in [6, 6.07) is 1.69. The lowest BCUT2D eigenvalue weighted by Crippen LogP contribution is -2.38. The van der Waals surface area contributed by atoms with Gasteiger partial charge < -0.3 is 10.6 Å². The van der Waals surface area contributed by atoms with Crippen molar-refractivity contribution in [1.29, 1.82) is 0 Å². The first-order valence-corrected chi connectivity index (χ1v) is 6.68. The van der Waals surface area contributed by atoms with Gasteiger partial charge in [0.05, 0.1) is 0 Å². The highest BCUT2D eigenvalue weighted by atomic mass is 15.2. The molecule has 1 saturated carbocycles. The highest BCUT2D eigenvalue weighted by molar-refractivity contribution is 5.22. The SMILES string of the molecule is CC(CNC1CCN(C2CC2)C1)=C1CNC1. The van der Waals surface area contributed by atoms with Crippen LogP contribution in [0, 0.1) is 0 Å². The predicted octanol–water partition coefficient (Wildman–Crippen LogP) is 0.732. The average Bonchev–Trinajstić information content (AvgIpc) is 2.93. The van der Waals surface area contributed by atoms with E-state index in [2.05, 4.69) is 22.5 Å². The number of nitrogens with zero attached hydrogens (tertiary/aromatic N) is 1. The van der Waals surface area contributed by atoms with E-state index in [1.165, 1.54) is 32.4 Å². The number of hydrogen-bond donors (Lipinski definition) is 2.